The standard InChI is InChI=1S/C25H21ClN2O4/c1-25(2,23(30)31)14-21(29)17-5-3-15(4-6-17)16-7-10-19(11-8-16)27-24-28-20-12-9-18(26)13-22(20)32-24/h3-13H,14H2,1-2H3,(H,27,28)(H,30,31). The normalized spacial score (nSPS) is 11.5. The first kappa shape index (κ1) is 21.6. The van der Waals surface area contributed by atoms with Crippen LogP contribution >= 0.6 is 11.6 Å². The van der Waals surface area contributed by atoms with Gasteiger partial charge in [-0.15, -0.1) is 0 Å². The van der Waals surface area contributed by atoms with E-state index in [-0.39, 0.29) is 12.2 Å². The Bertz CT molecular complexity index is 1290. The van der Waals surface area contributed by atoms with E-state index in [2.05, 4.69) is 10.3 Å². The van der Waals surface area contributed by atoms with E-state index in [0.717, 1.165) is 22.3 Å². The second-order valence-corrected chi connectivity index (χ2v) is 8.64. The van der Waals surface area contributed by atoms with Crippen LogP contribution in [0, 0.1) is 5.41 Å². The van der Waals surface area contributed by atoms with Crippen LogP contribution in [0.25, 0.3) is 22.2 Å². The largest absolute Gasteiger partial charge is 0.481 e. The van der Waals surface area contributed by atoms with Gasteiger partial charge in [-0.1, -0.05) is 48.0 Å². The molecular formula is C25H21ClN2O4. The molecule has 0 radical (unpaired) electrons. The van der Waals surface area contributed by atoms with Crippen LogP contribution in [0.1, 0.15) is 30.6 Å². The van der Waals surface area contributed by atoms with Crippen LogP contribution in [-0.4, -0.2) is 21.8 Å². The van der Waals surface area contributed by atoms with Crippen molar-refractivity contribution in [1.82, 2.24) is 4.98 Å². The molecule has 0 saturated heterocycles. The molecule has 0 unspecified atom stereocenters. The SMILES string of the molecule is CC(C)(CC(=O)c1ccc(-c2ccc(Nc3nc4ccc(Cl)cc4o3)cc2)cc1)C(=O)O. The number of carbonyl (C=O) groups excluding carboxylic acids is 1. The molecule has 6 nitrogen and oxygen atoms in total. The molecule has 162 valence electrons. The zero-order chi connectivity index (χ0) is 22.9. The number of hydrogen-bond acceptors (Lipinski definition) is 5. The molecule has 32 heavy (non-hydrogen) atoms. The van der Waals surface area contributed by atoms with Gasteiger partial charge >= 0.3 is 5.97 Å². The summed E-state index contributed by atoms with van der Waals surface area (Å²) in [5, 5.41) is 12.9. The number of rotatable bonds is 7. The average molecular weight is 449 g/mol. The highest BCUT2D eigenvalue weighted by molar-refractivity contribution is 6.31. The molecule has 0 aliphatic carbocycles. The highest BCUT2D eigenvalue weighted by atomic mass is 35.5. The number of nitrogens with one attached hydrogen (secondary N) is 1. The first-order chi connectivity index (χ1) is 15.2. The molecule has 7 heteroatoms. The Morgan fingerprint density at radius 2 is 1.62 bits per heavy atom. The topological polar surface area (TPSA) is 92.4 Å². The Morgan fingerprint density at radius 3 is 2.25 bits per heavy atom. The third-order valence-corrected chi connectivity index (χ3v) is 5.44. The maximum absolute atomic E-state index is 12.4. The zero-order valence-electron chi connectivity index (χ0n) is 17.6. The first-order valence-corrected chi connectivity index (χ1v) is 10.4. The van der Waals surface area contributed by atoms with Gasteiger partial charge in [0.2, 0.25) is 0 Å². The van der Waals surface area contributed by atoms with Crippen LogP contribution in [0.4, 0.5) is 11.7 Å². The van der Waals surface area contributed by atoms with Crippen molar-refractivity contribution in [3.63, 3.8) is 0 Å². The Kier molecular flexibility index (Phi) is 5.72. The summed E-state index contributed by atoms with van der Waals surface area (Å²) in [5.74, 6) is -1.18. The van der Waals surface area contributed by atoms with Gasteiger partial charge in [-0.25, -0.2) is 0 Å². The van der Waals surface area contributed by atoms with E-state index >= 15 is 0 Å². The number of fused-ring (bicyclic) bond motifs is 1. The van der Waals surface area contributed by atoms with E-state index < -0.39 is 11.4 Å². The van der Waals surface area contributed by atoms with Gasteiger partial charge in [0.15, 0.2) is 11.4 Å². The number of aliphatic carboxylic acids is 1. The summed E-state index contributed by atoms with van der Waals surface area (Å²) >= 11 is 5.98. The average Bonchev–Trinajstić information content (AvgIpc) is 3.15. The number of nitrogens with zero attached hydrogens (tertiary/aromatic N) is 1. The van der Waals surface area contributed by atoms with E-state index in [4.69, 9.17) is 16.0 Å². The van der Waals surface area contributed by atoms with Crippen molar-refractivity contribution < 1.29 is 19.1 Å². The number of carbonyl (C=O) groups is 2. The number of ketones is 1. The quantitative estimate of drug-likeness (QED) is 0.310. The molecule has 0 aliphatic rings. The van der Waals surface area contributed by atoms with Crippen LogP contribution in [-0.2, 0) is 4.79 Å². The second-order valence-electron chi connectivity index (χ2n) is 8.20. The highest BCUT2D eigenvalue weighted by Gasteiger charge is 2.30. The van der Waals surface area contributed by atoms with Crippen LogP contribution < -0.4 is 5.32 Å². The summed E-state index contributed by atoms with van der Waals surface area (Å²) in [6, 6.07) is 20.5. The molecule has 0 saturated carbocycles. The Labute approximate surface area is 189 Å². The lowest BCUT2D eigenvalue weighted by atomic mass is 9.85. The van der Waals surface area contributed by atoms with E-state index in [1.807, 2.05) is 36.4 Å². The summed E-state index contributed by atoms with van der Waals surface area (Å²) < 4.78 is 5.68. The van der Waals surface area contributed by atoms with Crippen molar-refractivity contribution in [2.24, 2.45) is 5.41 Å². The van der Waals surface area contributed by atoms with Crippen LogP contribution in [0.2, 0.25) is 5.02 Å². The first-order valence-electron chi connectivity index (χ1n) is 10.0. The van der Waals surface area contributed by atoms with Crippen molar-refractivity contribution in [3.8, 4) is 11.1 Å². The summed E-state index contributed by atoms with van der Waals surface area (Å²) in [5.41, 5.74) is 3.46. The Morgan fingerprint density at radius 1 is 1.00 bits per heavy atom. The third kappa shape index (κ3) is 4.65. The summed E-state index contributed by atoms with van der Waals surface area (Å²) in [7, 11) is 0. The second kappa shape index (κ2) is 8.48. The number of oxazole rings is 1. The molecule has 4 aromatic rings. The minimum Gasteiger partial charge on any atom is -0.481 e. The summed E-state index contributed by atoms with van der Waals surface area (Å²) in [6.45, 7) is 3.10. The number of benzene rings is 3. The monoisotopic (exact) mass is 448 g/mol. The van der Waals surface area contributed by atoms with E-state index in [9.17, 15) is 14.7 Å². The summed E-state index contributed by atoms with van der Waals surface area (Å²) in [4.78, 5) is 28.1. The fourth-order valence-corrected chi connectivity index (χ4v) is 3.41. The molecule has 0 amide bonds. The van der Waals surface area contributed by atoms with Gasteiger partial charge in [-0.05, 0) is 49.2 Å². The third-order valence-electron chi connectivity index (χ3n) is 5.21. The Balaban J connectivity index is 1.45. The Hall–Kier alpha value is -3.64. The van der Waals surface area contributed by atoms with Gasteiger partial charge in [-0.2, -0.15) is 4.98 Å². The van der Waals surface area contributed by atoms with E-state index in [1.54, 1.807) is 44.2 Å². The van der Waals surface area contributed by atoms with Crippen molar-refractivity contribution in [1.29, 1.82) is 0 Å². The van der Waals surface area contributed by atoms with E-state index in [0.29, 0.717) is 22.2 Å². The van der Waals surface area contributed by atoms with Gasteiger partial charge in [0.1, 0.15) is 5.52 Å². The van der Waals surface area contributed by atoms with Crippen molar-refractivity contribution >= 4 is 46.2 Å². The smallest absolute Gasteiger partial charge is 0.309 e. The fraction of sp³-hybridized carbons (Fsp3) is 0.160. The fourth-order valence-electron chi connectivity index (χ4n) is 3.25. The number of carboxylic acids is 1. The van der Waals surface area contributed by atoms with Crippen LogP contribution in [0.15, 0.2) is 71.1 Å². The van der Waals surface area contributed by atoms with Gasteiger partial charge in [-0.3, -0.25) is 9.59 Å². The molecule has 0 bridgehead atoms. The van der Waals surface area contributed by atoms with Crippen molar-refractivity contribution in [2.75, 3.05) is 5.32 Å². The molecule has 1 aromatic heterocycles. The molecule has 0 spiro atoms. The predicted octanol–water partition coefficient (Wildman–Crippen LogP) is 6.58. The number of hydrogen-bond donors (Lipinski definition) is 2. The molecule has 1 heterocycles. The maximum Gasteiger partial charge on any atom is 0.309 e. The van der Waals surface area contributed by atoms with Gasteiger partial charge < -0.3 is 14.8 Å². The number of Topliss-reactive ketones (excluding diaryl/α,β-unsaturated/α-hetero) is 1. The van der Waals surface area contributed by atoms with Gasteiger partial charge in [0, 0.05) is 28.8 Å². The lowest BCUT2D eigenvalue weighted by Crippen LogP contribution is -2.26. The zero-order valence-corrected chi connectivity index (χ0v) is 18.3. The highest BCUT2D eigenvalue weighted by Crippen LogP contribution is 2.28. The molecule has 4 rings (SSSR count). The maximum atomic E-state index is 12.4. The van der Waals surface area contributed by atoms with Crippen LogP contribution in [0.3, 0.4) is 0 Å². The molecule has 3 aromatic carbocycles. The number of halogens is 1. The van der Waals surface area contributed by atoms with Crippen molar-refractivity contribution in [2.45, 2.75) is 20.3 Å². The molecular weight excluding hydrogens is 428 g/mol. The van der Waals surface area contributed by atoms with Crippen LogP contribution in [0.5, 0.6) is 0 Å². The number of anilines is 2. The van der Waals surface area contributed by atoms with Crippen molar-refractivity contribution in [3.05, 3.63) is 77.3 Å². The molecule has 0 atom stereocenters. The van der Waals surface area contributed by atoms with E-state index in [1.165, 1.54) is 0 Å². The predicted molar refractivity (Wildman–Crippen MR) is 125 cm³/mol. The minimum absolute atomic E-state index is 0.0515. The molecule has 0 fully saturated rings. The molecule has 2 N–H and O–H groups in total. The van der Waals surface area contributed by atoms with Gasteiger partial charge in [0.25, 0.3) is 6.01 Å². The summed E-state index contributed by atoms with van der Waals surface area (Å²) in [6.07, 6.45) is -0.0515. The molecule has 0 aliphatic heterocycles. The lowest BCUT2D eigenvalue weighted by molar-refractivity contribution is -0.146. The number of carboxylic acid groups (broad SMARTS) is 1. The van der Waals surface area contributed by atoms with Gasteiger partial charge in [0.05, 0.1) is 5.41 Å². The minimum atomic E-state index is -1.10. The lowest BCUT2D eigenvalue weighted by Gasteiger charge is -2.17. The number of aromatic nitrogens is 1.